The quantitative estimate of drug-likeness (QED) is 0.148. The maximum atomic E-state index is 13.5. The Balaban J connectivity index is 1.28. The van der Waals surface area contributed by atoms with Crippen LogP contribution in [0.3, 0.4) is 0 Å². The molecule has 48 heavy (non-hydrogen) atoms. The second-order valence-corrected chi connectivity index (χ2v) is 18.4. The number of unbranched alkanes of at least 4 members (excludes halogenated alkanes) is 3. The van der Waals surface area contributed by atoms with Gasteiger partial charge in [-0.25, -0.2) is 0 Å². The Kier molecular flexibility index (Phi) is 12.1. The second kappa shape index (κ2) is 15.5. The predicted molar refractivity (Wildman–Crippen MR) is 190 cm³/mol. The van der Waals surface area contributed by atoms with Gasteiger partial charge in [0.15, 0.2) is 0 Å². The Bertz CT molecular complexity index is 1330. The number of ketones is 1. The van der Waals surface area contributed by atoms with Gasteiger partial charge in [-0.3, -0.25) is 19.2 Å². The summed E-state index contributed by atoms with van der Waals surface area (Å²) in [7, 11) is 0. The Morgan fingerprint density at radius 3 is 2.38 bits per heavy atom. The van der Waals surface area contributed by atoms with E-state index >= 15 is 0 Å². The summed E-state index contributed by atoms with van der Waals surface area (Å²) in [5.41, 5.74) is 0.162. The lowest BCUT2D eigenvalue weighted by molar-refractivity contribution is -0.191. The highest BCUT2D eigenvalue weighted by Crippen LogP contribution is 2.68. The van der Waals surface area contributed by atoms with Crippen LogP contribution >= 0.6 is 22.9 Å². The van der Waals surface area contributed by atoms with E-state index in [4.69, 9.17) is 21.4 Å². The van der Waals surface area contributed by atoms with E-state index in [9.17, 15) is 19.2 Å². The minimum atomic E-state index is -0.777. The highest BCUT2D eigenvalue weighted by atomic mass is 35.5. The van der Waals surface area contributed by atoms with Crippen molar-refractivity contribution < 1.29 is 29.0 Å². The number of amides is 1. The van der Waals surface area contributed by atoms with Crippen LogP contribution in [0.25, 0.3) is 0 Å². The summed E-state index contributed by atoms with van der Waals surface area (Å²) in [4.78, 5) is 51.4. The summed E-state index contributed by atoms with van der Waals surface area (Å²) < 4.78 is 7.18. The number of esters is 1. The molecule has 4 fully saturated rings. The Labute approximate surface area is 296 Å². The molecular formula is C39H58ClNO6S. The number of rotatable bonds is 14. The van der Waals surface area contributed by atoms with Crippen molar-refractivity contribution in [2.24, 2.45) is 52.3 Å². The summed E-state index contributed by atoms with van der Waals surface area (Å²) in [6, 6.07) is 3.87. The maximum absolute atomic E-state index is 13.5. The van der Waals surface area contributed by atoms with Crippen molar-refractivity contribution in [2.75, 3.05) is 0 Å². The van der Waals surface area contributed by atoms with Gasteiger partial charge in [0.2, 0.25) is 5.91 Å². The van der Waals surface area contributed by atoms with Crippen molar-refractivity contribution in [2.45, 2.75) is 143 Å². The van der Waals surface area contributed by atoms with Gasteiger partial charge in [0.05, 0.1) is 10.4 Å². The van der Waals surface area contributed by atoms with Crippen molar-refractivity contribution in [3.8, 4) is 0 Å². The van der Waals surface area contributed by atoms with Crippen LogP contribution in [0.1, 0.15) is 142 Å². The minimum absolute atomic E-state index is 0.0527. The summed E-state index contributed by atoms with van der Waals surface area (Å²) in [6.07, 6.45) is 11.1. The number of carboxylic acids is 1. The Morgan fingerprint density at radius 2 is 1.71 bits per heavy atom. The number of halogens is 1. The number of Topliss-reactive ketones (excluding diaryl/α,β-unsaturated/α-hetero) is 1. The van der Waals surface area contributed by atoms with Gasteiger partial charge >= 0.3 is 11.9 Å². The lowest BCUT2D eigenvalue weighted by atomic mass is 9.43. The van der Waals surface area contributed by atoms with Gasteiger partial charge < -0.3 is 15.2 Å². The average Bonchev–Trinajstić information content (AvgIpc) is 3.60. The summed E-state index contributed by atoms with van der Waals surface area (Å²) in [6.45, 7) is 11.4. The van der Waals surface area contributed by atoms with Crippen molar-refractivity contribution in [3.05, 3.63) is 21.3 Å². The van der Waals surface area contributed by atoms with Crippen molar-refractivity contribution in [1.29, 1.82) is 0 Å². The fourth-order valence-electron chi connectivity index (χ4n) is 10.9. The van der Waals surface area contributed by atoms with E-state index in [2.05, 4.69) is 39.9 Å². The number of aliphatic carboxylic acids is 1. The first-order valence-corrected chi connectivity index (χ1v) is 19.9. The highest BCUT2D eigenvalue weighted by molar-refractivity contribution is 7.16. The van der Waals surface area contributed by atoms with Crippen LogP contribution in [-0.2, 0) is 23.9 Å². The molecule has 1 aromatic heterocycles. The van der Waals surface area contributed by atoms with E-state index in [1.165, 1.54) is 11.3 Å². The number of nitrogens with one attached hydrogen (secondary N) is 1. The molecular weight excluding hydrogens is 646 g/mol. The van der Waals surface area contributed by atoms with Gasteiger partial charge in [0.25, 0.3) is 0 Å². The fraction of sp³-hybridized carbons (Fsp3) is 0.795. The standard InChI is InChI=1S/C39H58ClNO6S/c1-23(2)37(31-14-15-32(40)48-31)41-33(43)20-24(3)27-12-13-28-36-29(17-19-39(27,28)5)38(4)18-16-26(42)21-25(38)22-30(36)47-35(46)11-9-7-6-8-10-34(44)45/h14-15,23-25,27-30,36-37H,6-13,16-22H2,1-5H3,(H,41,43)(H,44,45)/t24-,25+,27?,28+,29+,30-,36+,37?,38+,39-/m1/s1. The molecule has 1 amide bonds. The van der Waals surface area contributed by atoms with Crippen LogP contribution in [0.15, 0.2) is 12.1 Å². The lowest BCUT2D eigenvalue weighted by Gasteiger charge is -2.62. The zero-order valence-corrected chi connectivity index (χ0v) is 31.3. The second-order valence-electron chi connectivity index (χ2n) is 16.6. The Morgan fingerprint density at radius 1 is 1.00 bits per heavy atom. The number of carboxylic acid groups (broad SMARTS) is 1. The maximum Gasteiger partial charge on any atom is 0.306 e. The van der Waals surface area contributed by atoms with Crippen LogP contribution in [0.2, 0.25) is 4.34 Å². The van der Waals surface area contributed by atoms with Crippen molar-refractivity contribution in [3.63, 3.8) is 0 Å². The van der Waals surface area contributed by atoms with Crippen LogP contribution in [0, 0.1) is 52.3 Å². The largest absolute Gasteiger partial charge is 0.481 e. The molecule has 9 heteroatoms. The fourth-order valence-corrected chi connectivity index (χ4v) is 12.2. The minimum Gasteiger partial charge on any atom is -0.481 e. The van der Waals surface area contributed by atoms with Gasteiger partial charge in [0.1, 0.15) is 11.9 Å². The number of hydrogen-bond donors (Lipinski definition) is 2. The van der Waals surface area contributed by atoms with Crippen molar-refractivity contribution >= 4 is 46.6 Å². The van der Waals surface area contributed by atoms with Gasteiger partial charge in [-0.2, -0.15) is 0 Å². The number of carbonyl (C=O) groups excluding carboxylic acids is 3. The zero-order chi connectivity index (χ0) is 34.8. The molecule has 5 rings (SSSR count). The molecule has 4 aliphatic carbocycles. The monoisotopic (exact) mass is 703 g/mol. The molecule has 0 saturated heterocycles. The van der Waals surface area contributed by atoms with E-state index in [-0.39, 0.29) is 64.9 Å². The first kappa shape index (κ1) is 37.3. The third-order valence-corrected chi connectivity index (χ3v) is 14.7. The normalized spacial score (nSPS) is 34.1. The third-order valence-electron chi connectivity index (χ3n) is 13.4. The van der Waals surface area contributed by atoms with Gasteiger partial charge in [0, 0.05) is 42.9 Å². The van der Waals surface area contributed by atoms with Crippen LogP contribution < -0.4 is 5.32 Å². The molecule has 4 aliphatic rings. The molecule has 2 unspecified atom stereocenters. The SMILES string of the molecule is CC(C)C(NC(=O)C[C@@H](C)C1CC[C@H]2[C@@H]3[C@H](OC(=O)CCCCCCC(=O)O)C[C@@H]4CC(=O)CC[C@]4(C)[C@H]3CC[C@]12C)c1ccc(Cl)s1. The van der Waals surface area contributed by atoms with E-state index in [1.54, 1.807) is 0 Å². The summed E-state index contributed by atoms with van der Waals surface area (Å²) >= 11 is 7.76. The lowest BCUT2D eigenvalue weighted by Crippen LogP contribution is -2.59. The van der Waals surface area contributed by atoms with E-state index in [0.29, 0.717) is 62.1 Å². The van der Waals surface area contributed by atoms with Crippen molar-refractivity contribution in [1.82, 2.24) is 5.32 Å². The van der Waals surface area contributed by atoms with Crippen LogP contribution in [0.4, 0.5) is 0 Å². The smallest absolute Gasteiger partial charge is 0.306 e. The van der Waals surface area contributed by atoms with E-state index in [0.717, 1.165) is 60.6 Å². The van der Waals surface area contributed by atoms with Gasteiger partial charge in [-0.05, 0) is 110 Å². The summed E-state index contributed by atoms with van der Waals surface area (Å²) in [5, 5.41) is 12.2. The molecule has 1 aromatic rings. The average molecular weight is 704 g/mol. The first-order valence-electron chi connectivity index (χ1n) is 18.7. The molecule has 0 bridgehead atoms. The molecule has 268 valence electrons. The molecule has 0 spiro atoms. The number of hydrogen-bond acceptors (Lipinski definition) is 6. The molecule has 0 radical (unpaired) electrons. The predicted octanol–water partition coefficient (Wildman–Crippen LogP) is 9.42. The molecule has 0 aliphatic heterocycles. The number of thiophene rings is 1. The number of fused-ring (bicyclic) bond motifs is 5. The molecule has 7 nitrogen and oxygen atoms in total. The van der Waals surface area contributed by atoms with E-state index in [1.807, 2.05) is 12.1 Å². The number of ether oxygens (including phenoxy) is 1. The first-order chi connectivity index (χ1) is 22.7. The van der Waals surface area contributed by atoms with Crippen LogP contribution in [0.5, 0.6) is 0 Å². The van der Waals surface area contributed by atoms with E-state index < -0.39 is 5.97 Å². The third kappa shape index (κ3) is 8.00. The number of carbonyl (C=O) groups is 4. The van der Waals surface area contributed by atoms with Crippen LogP contribution in [-0.4, -0.2) is 34.8 Å². The molecule has 2 N–H and O–H groups in total. The highest BCUT2D eigenvalue weighted by Gasteiger charge is 2.64. The topological polar surface area (TPSA) is 110 Å². The summed E-state index contributed by atoms with van der Waals surface area (Å²) in [5.74, 6) is 1.81. The molecule has 10 atom stereocenters. The zero-order valence-electron chi connectivity index (χ0n) is 29.7. The Hall–Kier alpha value is -1.93. The van der Waals surface area contributed by atoms with Gasteiger partial charge in [-0.1, -0.05) is 59.1 Å². The molecule has 1 heterocycles. The molecule has 0 aromatic carbocycles. The molecule has 4 saturated carbocycles. The van der Waals surface area contributed by atoms with Gasteiger partial charge in [-0.15, -0.1) is 11.3 Å².